The number of carboxylic acids is 1. The second-order valence-electron chi connectivity index (χ2n) is 11.3. The number of aliphatic carboxylic acids is 1. The van der Waals surface area contributed by atoms with Crippen LogP contribution < -0.4 is 5.11 Å². The minimum atomic E-state index is -0.758. The molecule has 4 bridgehead atoms. The van der Waals surface area contributed by atoms with Crippen molar-refractivity contribution in [2.45, 2.75) is 53.2 Å². The minimum absolute atomic E-state index is 0.0793. The van der Waals surface area contributed by atoms with Crippen LogP contribution in [0.4, 0.5) is 0 Å². The molecular weight excluding hydrogens is 484 g/mol. The topological polar surface area (TPSA) is 40.1 Å². The molecule has 38 heavy (non-hydrogen) atoms. The Balaban J connectivity index is 0.000000169. The Morgan fingerprint density at radius 3 is 1.34 bits per heavy atom. The zero-order valence-corrected chi connectivity index (χ0v) is 22.5. The lowest BCUT2D eigenvalue weighted by Crippen LogP contribution is -2.54. The monoisotopic (exact) mass is 518 g/mol. The Labute approximate surface area is 229 Å². The third-order valence-electron chi connectivity index (χ3n) is 8.63. The molecule has 4 aliphatic carbocycles. The van der Waals surface area contributed by atoms with Crippen LogP contribution in [-0.2, 0) is 15.7 Å². The lowest BCUT2D eigenvalue weighted by molar-refractivity contribution is -0.327. The molecule has 0 amide bonds. The van der Waals surface area contributed by atoms with Crippen LogP contribution in [0.2, 0.25) is 0 Å². The van der Waals surface area contributed by atoms with Crippen LogP contribution in [0.15, 0.2) is 130 Å². The Kier molecular flexibility index (Phi) is 7.12. The van der Waals surface area contributed by atoms with Gasteiger partial charge < -0.3 is 9.90 Å². The molecule has 0 N–H and O–H groups in total. The van der Waals surface area contributed by atoms with Crippen LogP contribution in [0.5, 0.6) is 0 Å². The van der Waals surface area contributed by atoms with Crippen LogP contribution in [0, 0.1) is 23.2 Å². The number of benzene rings is 4. The normalized spacial score (nSPS) is 25.0. The van der Waals surface area contributed by atoms with Crippen molar-refractivity contribution in [2.75, 3.05) is 0 Å². The maximum absolute atomic E-state index is 11.1. The molecule has 4 fully saturated rings. The van der Waals surface area contributed by atoms with E-state index in [2.05, 4.69) is 115 Å². The summed E-state index contributed by atoms with van der Waals surface area (Å²) in [6.07, 6.45) is 6.65. The quantitative estimate of drug-likeness (QED) is 0.258. The summed E-state index contributed by atoms with van der Waals surface area (Å²) in [6, 6.07) is 41.1. The van der Waals surface area contributed by atoms with Crippen molar-refractivity contribution in [3.63, 3.8) is 0 Å². The van der Waals surface area contributed by atoms with Crippen molar-refractivity contribution in [3.8, 4) is 11.1 Å². The van der Waals surface area contributed by atoms with E-state index >= 15 is 0 Å². The molecule has 0 unspecified atom stereocenters. The third-order valence-corrected chi connectivity index (χ3v) is 10.9. The summed E-state index contributed by atoms with van der Waals surface area (Å²) in [5, 5.41) is 11.1. The summed E-state index contributed by atoms with van der Waals surface area (Å²) in [5.74, 6) is 1.38. The molecule has 2 nitrogen and oxygen atoms in total. The van der Waals surface area contributed by atoms with E-state index < -0.39 is 11.4 Å². The van der Waals surface area contributed by atoms with Crippen molar-refractivity contribution in [1.29, 1.82) is 0 Å². The van der Waals surface area contributed by atoms with Crippen molar-refractivity contribution < 1.29 is 9.90 Å². The molecule has 0 heterocycles. The van der Waals surface area contributed by atoms with Crippen molar-refractivity contribution in [1.82, 2.24) is 0 Å². The summed E-state index contributed by atoms with van der Waals surface area (Å²) >= 11 is 0. The molecule has 0 spiro atoms. The number of rotatable bonds is 5. The van der Waals surface area contributed by atoms with Gasteiger partial charge in [-0.3, -0.25) is 0 Å². The first-order valence-electron chi connectivity index (χ1n) is 13.8. The number of carboxylic acid groups (broad SMARTS) is 1. The SMILES string of the molecule is O=C([O-])C12CC3CC(CC(C3)C1)C2.c1ccc(-c2ccc([S+](c3ccccc3)c3ccccc3)cc2)cc1. The Morgan fingerprint density at radius 2 is 0.921 bits per heavy atom. The van der Waals surface area contributed by atoms with Gasteiger partial charge in [0.25, 0.3) is 0 Å². The molecule has 4 aromatic carbocycles. The smallest absolute Gasteiger partial charge is 0.166 e. The number of hydrogen-bond acceptors (Lipinski definition) is 2. The summed E-state index contributed by atoms with van der Waals surface area (Å²) in [4.78, 5) is 15.2. The first kappa shape index (κ1) is 25.0. The van der Waals surface area contributed by atoms with E-state index in [0.29, 0.717) is 17.8 Å². The first-order valence-corrected chi connectivity index (χ1v) is 15.0. The molecule has 4 saturated carbocycles. The molecule has 3 heteroatoms. The fourth-order valence-electron chi connectivity index (χ4n) is 7.30. The molecule has 8 rings (SSSR count). The molecule has 192 valence electrons. The molecule has 0 saturated heterocycles. The summed E-state index contributed by atoms with van der Waals surface area (Å²) in [6.45, 7) is 0. The van der Waals surface area contributed by atoms with Crippen LogP contribution in [-0.4, -0.2) is 5.97 Å². The molecule has 4 aromatic rings. The highest BCUT2D eigenvalue weighted by Gasteiger charge is 2.51. The highest BCUT2D eigenvalue weighted by atomic mass is 32.2. The van der Waals surface area contributed by atoms with Gasteiger partial charge in [0.15, 0.2) is 14.7 Å². The molecule has 0 aromatic heterocycles. The fourth-order valence-corrected chi connectivity index (χ4v) is 9.38. The van der Waals surface area contributed by atoms with Gasteiger partial charge in [0, 0.05) is 11.4 Å². The largest absolute Gasteiger partial charge is 0.550 e. The van der Waals surface area contributed by atoms with Crippen LogP contribution in [0.25, 0.3) is 11.1 Å². The standard InChI is InChI=1S/C24H19S.C11H16O2/c1-4-10-20(11-5-1)21-16-18-24(19-17-21)25(22-12-6-2-7-13-22)23-14-8-3-9-15-23;12-10(13)11-4-7-1-8(5-11)3-9(2-7)6-11/h1-19H;7-9H,1-6H2,(H,12,13)/q+1;/p-1. The molecule has 0 radical (unpaired) electrons. The highest BCUT2D eigenvalue weighted by molar-refractivity contribution is 7.97. The van der Waals surface area contributed by atoms with Gasteiger partial charge in [-0.1, -0.05) is 66.7 Å². The van der Waals surface area contributed by atoms with Crippen molar-refractivity contribution in [2.24, 2.45) is 23.2 Å². The van der Waals surface area contributed by atoms with Gasteiger partial charge in [0.1, 0.15) is 0 Å². The first-order chi connectivity index (χ1) is 18.6. The minimum Gasteiger partial charge on any atom is -0.550 e. The van der Waals surface area contributed by atoms with Crippen LogP contribution in [0.3, 0.4) is 0 Å². The number of carbonyl (C=O) groups excluding carboxylic acids is 1. The highest BCUT2D eigenvalue weighted by Crippen LogP contribution is 2.59. The third kappa shape index (κ3) is 5.17. The Hall–Kier alpha value is -3.30. The predicted octanol–water partition coefficient (Wildman–Crippen LogP) is 7.40. The van der Waals surface area contributed by atoms with E-state index in [0.717, 1.165) is 19.3 Å². The van der Waals surface area contributed by atoms with E-state index in [1.165, 1.54) is 45.1 Å². The van der Waals surface area contributed by atoms with E-state index in [-0.39, 0.29) is 10.9 Å². The maximum Gasteiger partial charge on any atom is 0.166 e. The molecule has 4 aliphatic rings. The Morgan fingerprint density at radius 1 is 0.553 bits per heavy atom. The number of carbonyl (C=O) groups is 1. The lowest BCUT2D eigenvalue weighted by atomic mass is 9.49. The zero-order chi connectivity index (χ0) is 26.0. The van der Waals surface area contributed by atoms with E-state index in [1.54, 1.807) is 0 Å². The maximum atomic E-state index is 11.1. The van der Waals surface area contributed by atoms with Gasteiger partial charge in [-0.25, -0.2) is 0 Å². The second-order valence-corrected chi connectivity index (χ2v) is 13.3. The molecule has 0 aliphatic heterocycles. The van der Waals surface area contributed by atoms with Crippen LogP contribution in [0.1, 0.15) is 38.5 Å². The van der Waals surface area contributed by atoms with Crippen LogP contribution >= 0.6 is 0 Å². The van der Waals surface area contributed by atoms with Gasteiger partial charge in [-0.2, -0.15) is 0 Å². The summed E-state index contributed by atoms with van der Waals surface area (Å²) < 4.78 is 0. The molecular formula is C35H34O2S. The second kappa shape index (κ2) is 10.8. The van der Waals surface area contributed by atoms with E-state index in [4.69, 9.17) is 0 Å². The van der Waals surface area contributed by atoms with Gasteiger partial charge in [0.2, 0.25) is 0 Å². The van der Waals surface area contributed by atoms with Crippen molar-refractivity contribution in [3.05, 3.63) is 115 Å². The Bertz CT molecular complexity index is 1270. The lowest BCUT2D eigenvalue weighted by Gasteiger charge is -2.57. The predicted molar refractivity (Wildman–Crippen MR) is 153 cm³/mol. The number of hydrogen-bond donors (Lipinski definition) is 0. The summed E-state index contributed by atoms with van der Waals surface area (Å²) in [5.41, 5.74) is 2.12. The van der Waals surface area contributed by atoms with E-state index in [1.807, 2.05) is 0 Å². The van der Waals surface area contributed by atoms with E-state index in [9.17, 15) is 9.90 Å². The summed E-state index contributed by atoms with van der Waals surface area (Å²) in [7, 11) is -0.0793. The van der Waals surface area contributed by atoms with Gasteiger partial charge in [-0.15, -0.1) is 0 Å². The zero-order valence-electron chi connectivity index (χ0n) is 21.7. The van der Waals surface area contributed by atoms with Gasteiger partial charge in [0.05, 0.1) is 10.9 Å². The average molecular weight is 519 g/mol. The fraction of sp³-hybridized carbons (Fsp3) is 0.286. The van der Waals surface area contributed by atoms with Crippen molar-refractivity contribution >= 4 is 16.9 Å². The average Bonchev–Trinajstić information content (AvgIpc) is 2.95. The molecule has 0 atom stereocenters. The van der Waals surface area contributed by atoms with Gasteiger partial charge >= 0.3 is 0 Å². The van der Waals surface area contributed by atoms with Gasteiger partial charge in [-0.05, 0) is 116 Å².